The average molecular weight is 366 g/mol. The summed E-state index contributed by atoms with van der Waals surface area (Å²) in [5.41, 5.74) is 1.28. The van der Waals surface area contributed by atoms with Crippen molar-refractivity contribution in [3.8, 4) is 0 Å². The number of nitrogens with one attached hydrogen (secondary N) is 2. The van der Waals surface area contributed by atoms with E-state index in [1.165, 1.54) is 0 Å². The van der Waals surface area contributed by atoms with Crippen LogP contribution in [0.5, 0.6) is 0 Å². The standard InChI is InChI=1S/C19H27N3O2.ClH/c1-19(7-9-20-10-8-19)14-21-18(24)16-11-17(23)22(13-16)12-15-5-3-2-4-6-15;/h2-6,16,20H,7-14H2,1H3,(H,21,24);1H. The van der Waals surface area contributed by atoms with E-state index in [4.69, 9.17) is 0 Å². The highest BCUT2D eigenvalue weighted by atomic mass is 35.5. The Hall–Kier alpha value is -1.59. The van der Waals surface area contributed by atoms with Crippen molar-refractivity contribution in [2.24, 2.45) is 11.3 Å². The van der Waals surface area contributed by atoms with Crippen LogP contribution in [0, 0.1) is 11.3 Å². The van der Waals surface area contributed by atoms with Crippen LogP contribution in [0.4, 0.5) is 0 Å². The van der Waals surface area contributed by atoms with Gasteiger partial charge in [0.2, 0.25) is 11.8 Å². The van der Waals surface area contributed by atoms with E-state index >= 15 is 0 Å². The molecule has 0 spiro atoms. The van der Waals surface area contributed by atoms with Gasteiger partial charge in [0.1, 0.15) is 0 Å². The molecule has 0 aromatic heterocycles. The van der Waals surface area contributed by atoms with E-state index in [2.05, 4.69) is 17.6 Å². The molecule has 2 N–H and O–H groups in total. The van der Waals surface area contributed by atoms with E-state index in [1.54, 1.807) is 4.90 Å². The molecular formula is C19H28ClN3O2. The smallest absolute Gasteiger partial charge is 0.225 e. The second kappa shape index (κ2) is 8.68. The zero-order valence-corrected chi connectivity index (χ0v) is 15.6. The number of piperidine rings is 1. The molecule has 5 nitrogen and oxygen atoms in total. The van der Waals surface area contributed by atoms with Gasteiger partial charge in [-0.1, -0.05) is 37.3 Å². The highest BCUT2D eigenvalue weighted by Crippen LogP contribution is 2.27. The maximum absolute atomic E-state index is 12.5. The first-order valence-electron chi connectivity index (χ1n) is 8.86. The van der Waals surface area contributed by atoms with E-state index in [0.29, 0.717) is 26.1 Å². The van der Waals surface area contributed by atoms with Gasteiger partial charge in [-0.05, 0) is 36.9 Å². The molecule has 2 fully saturated rings. The van der Waals surface area contributed by atoms with Crippen molar-refractivity contribution in [2.45, 2.75) is 32.7 Å². The molecule has 6 heteroatoms. The highest BCUT2D eigenvalue weighted by Gasteiger charge is 2.35. The first kappa shape index (κ1) is 19.7. The number of amides is 2. The first-order valence-corrected chi connectivity index (χ1v) is 8.86. The molecule has 3 rings (SSSR count). The zero-order chi connectivity index (χ0) is 17.0. The van der Waals surface area contributed by atoms with Crippen molar-refractivity contribution in [3.63, 3.8) is 0 Å². The van der Waals surface area contributed by atoms with Gasteiger partial charge in [-0.2, -0.15) is 0 Å². The maximum Gasteiger partial charge on any atom is 0.225 e. The Kier molecular flexibility index (Phi) is 6.85. The van der Waals surface area contributed by atoms with Gasteiger partial charge in [-0.15, -0.1) is 12.4 Å². The summed E-state index contributed by atoms with van der Waals surface area (Å²) in [6.45, 7) is 6.08. The second-order valence-electron chi connectivity index (χ2n) is 7.44. The minimum Gasteiger partial charge on any atom is -0.355 e. The Labute approximate surface area is 155 Å². The summed E-state index contributed by atoms with van der Waals surface area (Å²) in [5.74, 6) is -0.114. The highest BCUT2D eigenvalue weighted by molar-refractivity contribution is 5.89. The van der Waals surface area contributed by atoms with Crippen LogP contribution in [0.3, 0.4) is 0 Å². The fourth-order valence-corrected chi connectivity index (χ4v) is 3.56. The second-order valence-corrected chi connectivity index (χ2v) is 7.44. The van der Waals surface area contributed by atoms with Gasteiger partial charge in [0.25, 0.3) is 0 Å². The number of halogens is 1. The van der Waals surface area contributed by atoms with Crippen molar-refractivity contribution < 1.29 is 9.59 Å². The van der Waals surface area contributed by atoms with E-state index in [1.807, 2.05) is 30.3 Å². The number of hydrogen-bond acceptors (Lipinski definition) is 3. The van der Waals surface area contributed by atoms with Crippen LogP contribution in [0.2, 0.25) is 0 Å². The van der Waals surface area contributed by atoms with E-state index in [-0.39, 0.29) is 35.6 Å². The molecule has 2 aliphatic heterocycles. The Morgan fingerprint density at radius 2 is 1.96 bits per heavy atom. The summed E-state index contributed by atoms with van der Waals surface area (Å²) in [6, 6.07) is 9.93. The molecule has 0 saturated carbocycles. The largest absolute Gasteiger partial charge is 0.355 e. The summed E-state index contributed by atoms with van der Waals surface area (Å²) < 4.78 is 0. The third-order valence-corrected chi connectivity index (χ3v) is 5.30. The number of rotatable bonds is 5. The lowest BCUT2D eigenvalue weighted by Gasteiger charge is -2.34. The van der Waals surface area contributed by atoms with Crippen molar-refractivity contribution in [1.82, 2.24) is 15.5 Å². The number of carbonyl (C=O) groups excluding carboxylic acids is 2. The molecule has 0 radical (unpaired) electrons. The molecule has 0 aliphatic carbocycles. The summed E-state index contributed by atoms with van der Waals surface area (Å²) >= 11 is 0. The predicted molar refractivity (Wildman–Crippen MR) is 100 cm³/mol. The van der Waals surface area contributed by atoms with Crippen molar-refractivity contribution in [3.05, 3.63) is 35.9 Å². The Balaban J connectivity index is 0.00000225. The van der Waals surface area contributed by atoms with Gasteiger partial charge >= 0.3 is 0 Å². The van der Waals surface area contributed by atoms with Crippen LogP contribution in [0.1, 0.15) is 31.7 Å². The quantitative estimate of drug-likeness (QED) is 0.838. The molecule has 1 atom stereocenters. The summed E-state index contributed by atoms with van der Waals surface area (Å²) in [6.07, 6.45) is 2.49. The third-order valence-electron chi connectivity index (χ3n) is 5.30. The van der Waals surface area contributed by atoms with Gasteiger partial charge in [0.05, 0.1) is 5.92 Å². The Morgan fingerprint density at radius 3 is 2.64 bits per heavy atom. The van der Waals surface area contributed by atoms with Crippen LogP contribution >= 0.6 is 12.4 Å². The molecule has 2 saturated heterocycles. The van der Waals surface area contributed by atoms with Crippen LogP contribution in [0.25, 0.3) is 0 Å². The average Bonchev–Trinajstić information content (AvgIpc) is 2.95. The van der Waals surface area contributed by atoms with Crippen molar-refractivity contribution in [1.29, 1.82) is 0 Å². The van der Waals surface area contributed by atoms with Gasteiger partial charge in [-0.3, -0.25) is 9.59 Å². The molecule has 25 heavy (non-hydrogen) atoms. The first-order chi connectivity index (χ1) is 11.6. The molecule has 0 bridgehead atoms. The van der Waals surface area contributed by atoms with E-state index < -0.39 is 0 Å². The summed E-state index contributed by atoms with van der Waals surface area (Å²) in [5, 5.41) is 6.45. The molecule has 2 heterocycles. The van der Waals surface area contributed by atoms with Crippen molar-refractivity contribution in [2.75, 3.05) is 26.2 Å². The SMILES string of the molecule is CC1(CNC(=O)C2CC(=O)N(Cc3ccccc3)C2)CCNCC1.Cl. The predicted octanol–water partition coefficient (Wildman–Crippen LogP) is 1.96. The minimum absolute atomic E-state index is 0. The lowest BCUT2D eigenvalue weighted by Crippen LogP contribution is -2.44. The number of benzene rings is 1. The fourth-order valence-electron chi connectivity index (χ4n) is 3.56. The number of carbonyl (C=O) groups is 2. The lowest BCUT2D eigenvalue weighted by molar-refractivity contribution is -0.129. The van der Waals surface area contributed by atoms with Gasteiger partial charge < -0.3 is 15.5 Å². The van der Waals surface area contributed by atoms with Crippen LogP contribution in [-0.4, -0.2) is 42.9 Å². The number of hydrogen-bond donors (Lipinski definition) is 2. The van der Waals surface area contributed by atoms with E-state index in [9.17, 15) is 9.59 Å². The normalized spacial score (nSPS) is 22.4. The van der Waals surface area contributed by atoms with Crippen molar-refractivity contribution >= 4 is 24.2 Å². The third kappa shape index (κ3) is 5.19. The zero-order valence-electron chi connectivity index (χ0n) is 14.8. The summed E-state index contributed by atoms with van der Waals surface area (Å²) in [4.78, 5) is 26.5. The molecule has 1 aromatic rings. The maximum atomic E-state index is 12.5. The molecule has 2 amide bonds. The summed E-state index contributed by atoms with van der Waals surface area (Å²) in [7, 11) is 0. The van der Waals surface area contributed by atoms with Gasteiger partial charge in [-0.25, -0.2) is 0 Å². The molecule has 1 aromatic carbocycles. The number of nitrogens with zero attached hydrogens (tertiary/aromatic N) is 1. The minimum atomic E-state index is -0.216. The van der Waals surface area contributed by atoms with Gasteiger partial charge in [0, 0.05) is 26.1 Å². The van der Waals surface area contributed by atoms with Gasteiger partial charge in [0.15, 0.2) is 0 Å². The fraction of sp³-hybridized carbons (Fsp3) is 0.579. The monoisotopic (exact) mass is 365 g/mol. The van der Waals surface area contributed by atoms with Crippen LogP contribution in [0.15, 0.2) is 30.3 Å². The van der Waals surface area contributed by atoms with E-state index in [0.717, 1.165) is 31.5 Å². The lowest BCUT2D eigenvalue weighted by atomic mass is 9.81. The molecule has 1 unspecified atom stereocenters. The molecule has 138 valence electrons. The van der Waals surface area contributed by atoms with Crippen LogP contribution < -0.4 is 10.6 Å². The Morgan fingerprint density at radius 1 is 1.28 bits per heavy atom. The van der Waals surface area contributed by atoms with Crippen LogP contribution in [-0.2, 0) is 16.1 Å². The molecule has 2 aliphatic rings. The molecular weight excluding hydrogens is 338 g/mol. The topological polar surface area (TPSA) is 61.4 Å². The number of likely N-dealkylation sites (tertiary alicyclic amines) is 1. The Bertz CT molecular complexity index is 588.